The lowest BCUT2D eigenvalue weighted by Gasteiger charge is -2.26. The van der Waals surface area contributed by atoms with Crippen molar-refractivity contribution >= 4 is 0 Å². The third-order valence-corrected chi connectivity index (χ3v) is 4.49. The number of nitrogens with one attached hydrogen (secondary N) is 1. The first-order valence-corrected chi connectivity index (χ1v) is 7.98. The lowest BCUT2D eigenvalue weighted by Crippen LogP contribution is -2.24. The fraction of sp³-hybridized carbons (Fsp3) is 0.667. The highest BCUT2D eigenvalue weighted by molar-refractivity contribution is 5.39. The second-order valence-electron chi connectivity index (χ2n) is 6.22. The first-order valence-electron chi connectivity index (χ1n) is 7.98. The summed E-state index contributed by atoms with van der Waals surface area (Å²) < 4.78 is 5.86. The third kappa shape index (κ3) is 3.83. The average Bonchev–Trinajstić information content (AvgIpc) is 2.42. The van der Waals surface area contributed by atoms with Crippen LogP contribution in [0.4, 0.5) is 0 Å². The Morgan fingerprint density at radius 2 is 1.90 bits per heavy atom. The monoisotopic (exact) mass is 275 g/mol. The Morgan fingerprint density at radius 3 is 2.45 bits per heavy atom. The Kier molecular flexibility index (Phi) is 5.62. The summed E-state index contributed by atoms with van der Waals surface area (Å²) in [6.45, 7) is 7.60. The van der Waals surface area contributed by atoms with Gasteiger partial charge in [0.1, 0.15) is 0 Å². The van der Waals surface area contributed by atoms with Crippen molar-refractivity contribution < 1.29 is 4.74 Å². The summed E-state index contributed by atoms with van der Waals surface area (Å²) in [6, 6.07) is 5.04. The molecule has 1 fully saturated rings. The molecule has 1 aromatic rings. The standard InChI is InChI=1S/C18H29NO/c1-13-11-14(2)18(15(3)12-13)17(19-4)9-8-16-7-5-6-10-20-16/h11-12,16-17,19H,5-10H2,1-4H3. The molecule has 0 aromatic heterocycles. The van der Waals surface area contributed by atoms with Crippen LogP contribution >= 0.6 is 0 Å². The Hall–Kier alpha value is -0.860. The van der Waals surface area contributed by atoms with E-state index in [0.29, 0.717) is 12.1 Å². The van der Waals surface area contributed by atoms with Gasteiger partial charge in [0.15, 0.2) is 0 Å². The highest BCUT2D eigenvalue weighted by atomic mass is 16.5. The van der Waals surface area contributed by atoms with Gasteiger partial charge in [-0.1, -0.05) is 17.7 Å². The number of hydrogen-bond acceptors (Lipinski definition) is 2. The molecule has 0 bridgehead atoms. The van der Waals surface area contributed by atoms with Crippen molar-refractivity contribution in [1.82, 2.24) is 5.32 Å². The van der Waals surface area contributed by atoms with E-state index in [1.807, 2.05) is 0 Å². The summed E-state index contributed by atoms with van der Waals surface area (Å²) in [5, 5.41) is 3.50. The number of rotatable bonds is 5. The molecule has 1 saturated heterocycles. The van der Waals surface area contributed by atoms with Crippen LogP contribution in [0.15, 0.2) is 12.1 Å². The number of hydrogen-bond donors (Lipinski definition) is 1. The topological polar surface area (TPSA) is 21.3 Å². The largest absolute Gasteiger partial charge is 0.378 e. The molecule has 1 aliphatic heterocycles. The van der Waals surface area contributed by atoms with Crippen molar-refractivity contribution in [1.29, 1.82) is 0 Å². The highest BCUT2D eigenvalue weighted by Crippen LogP contribution is 2.28. The molecule has 1 N–H and O–H groups in total. The zero-order valence-corrected chi connectivity index (χ0v) is 13.5. The van der Waals surface area contributed by atoms with Crippen LogP contribution in [-0.4, -0.2) is 19.8 Å². The minimum atomic E-state index is 0.445. The molecule has 2 unspecified atom stereocenters. The SMILES string of the molecule is CNC(CCC1CCCCO1)c1c(C)cc(C)cc1C. The average molecular weight is 275 g/mol. The van der Waals surface area contributed by atoms with Crippen LogP contribution in [0.5, 0.6) is 0 Å². The first-order chi connectivity index (χ1) is 9.61. The molecule has 0 amide bonds. The van der Waals surface area contributed by atoms with Gasteiger partial charge in [-0.25, -0.2) is 0 Å². The maximum absolute atomic E-state index is 5.86. The minimum Gasteiger partial charge on any atom is -0.378 e. The van der Waals surface area contributed by atoms with Crippen molar-refractivity contribution in [2.75, 3.05) is 13.7 Å². The molecule has 2 atom stereocenters. The van der Waals surface area contributed by atoms with E-state index in [1.165, 1.54) is 41.5 Å². The molecule has 0 spiro atoms. The van der Waals surface area contributed by atoms with E-state index in [9.17, 15) is 0 Å². The van der Waals surface area contributed by atoms with Gasteiger partial charge >= 0.3 is 0 Å². The van der Waals surface area contributed by atoms with Gasteiger partial charge in [0.2, 0.25) is 0 Å². The van der Waals surface area contributed by atoms with E-state index in [2.05, 4.69) is 45.3 Å². The molecule has 112 valence electrons. The Balaban J connectivity index is 2.04. The molecule has 2 nitrogen and oxygen atoms in total. The summed E-state index contributed by atoms with van der Waals surface area (Å²) in [5.74, 6) is 0. The van der Waals surface area contributed by atoms with E-state index in [0.717, 1.165) is 19.4 Å². The summed E-state index contributed by atoms with van der Waals surface area (Å²) >= 11 is 0. The molecule has 0 radical (unpaired) electrons. The summed E-state index contributed by atoms with van der Waals surface area (Å²) in [7, 11) is 2.07. The number of ether oxygens (including phenoxy) is 1. The van der Waals surface area contributed by atoms with Crippen LogP contribution in [0.25, 0.3) is 0 Å². The number of benzene rings is 1. The molecule has 2 rings (SSSR count). The molecule has 1 aromatic carbocycles. The minimum absolute atomic E-state index is 0.445. The molecule has 2 heteroatoms. The van der Waals surface area contributed by atoms with Gasteiger partial charge in [0, 0.05) is 12.6 Å². The third-order valence-electron chi connectivity index (χ3n) is 4.49. The fourth-order valence-electron chi connectivity index (χ4n) is 3.56. The normalized spacial score (nSPS) is 20.9. The predicted octanol–water partition coefficient (Wildman–Crippen LogP) is 4.22. The van der Waals surface area contributed by atoms with Gasteiger partial charge in [-0.2, -0.15) is 0 Å². The smallest absolute Gasteiger partial charge is 0.0575 e. The second-order valence-corrected chi connectivity index (χ2v) is 6.22. The van der Waals surface area contributed by atoms with Gasteiger partial charge in [-0.15, -0.1) is 0 Å². The van der Waals surface area contributed by atoms with Crippen LogP contribution in [0, 0.1) is 20.8 Å². The number of aryl methyl sites for hydroxylation is 3. The molecule has 20 heavy (non-hydrogen) atoms. The Bertz CT molecular complexity index is 412. The van der Waals surface area contributed by atoms with Crippen molar-refractivity contribution in [3.05, 3.63) is 34.4 Å². The molecule has 1 heterocycles. The van der Waals surface area contributed by atoms with Crippen LogP contribution in [-0.2, 0) is 4.74 Å². The molecule has 0 saturated carbocycles. The predicted molar refractivity (Wildman–Crippen MR) is 85.3 cm³/mol. The maximum Gasteiger partial charge on any atom is 0.0575 e. The Labute approximate surface area is 123 Å². The van der Waals surface area contributed by atoms with Gasteiger partial charge in [-0.05, 0) is 76.6 Å². The molecule has 0 aliphatic carbocycles. The van der Waals surface area contributed by atoms with Crippen molar-refractivity contribution in [3.63, 3.8) is 0 Å². The highest BCUT2D eigenvalue weighted by Gasteiger charge is 2.19. The van der Waals surface area contributed by atoms with Crippen LogP contribution in [0.1, 0.15) is 60.4 Å². The second kappa shape index (κ2) is 7.24. The summed E-state index contributed by atoms with van der Waals surface area (Å²) in [5.41, 5.74) is 5.65. The Morgan fingerprint density at radius 1 is 1.20 bits per heavy atom. The van der Waals surface area contributed by atoms with Gasteiger partial charge in [-0.3, -0.25) is 0 Å². The van der Waals surface area contributed by atoms with E-state index in [1.54, 1.807) is 0 Å². The van der Waals surface area contributed by atoms with Crippen LogP contribution in [0.3, 0.4) is 0 Å². The van der Waals surface area contributed by atoms with Crippen LogP contribution in [0.2, 0.25) is 0 Å². The zero-order valence-electron chi connectivity index (χ0n) is 13.5. The van der Waals surface area contributed by atoms with E-state index < -0.39 is 0 Å². The van der Waals surface area contributed by atoms with E-state index >= 15 is 0 Å². The summed E-state index contributed by atoms with van der Waals surface area (Å²) in [4.78, 5) is 0. The quantitative estimate of drug-likeness (QED) is 0.868. The van der Waals surface area contributed by atoms with Gasteiger partial charge in [0.25, 0.3) is 0 Å². The maximum atomic E-state index is 5.86. The van der Waals surface area contributed by atoms with Gasteiger partial charge < -0.3 is 10.1 Å². The summed E-state index contributed by atoms with van der Waals surface area (Å²) in [6.07, 6.45) is 6.61. The first kappa shape index (κ1) is 15.5. The fourth-order valence-corrected chi connectivity index (χ4v) is 3.56. The van der Waals surface area contributed by atoms with Crippen molar-refractivity contribution in [3.8, 4) is 0 Å². The lowest BCUT2D eigenvalue weighted by atomic mass is 9.90. The van der Waals surface area contributed by atoms with Crippen LogP contribution < -0.4 is 5.32 Å². The van der Waals surface area contributed by atoms with Crippen molar-refractivity contribution in [2.45, 2.75) is 65.0 Å². The van der Waals surface area contributed by atoms with E-state index in [-0.39, 0.29) is 0 Å². The van der Waals surface area contributed by atoms with E-state index in [4.69, 9.17) is 4.74 Å². The molecule has 1 aliphatic rings. The lowest BCUT2D eigenvalue weighted by molar-refractivity contribution is 0.00864. The zero-order chi connectivity index (χ0) is 14.5. The molecular formula is C18H29NO. The van der Waals surface area contributed by atoms with Crippen molar-refractivity contribution in [2.24, 2.45) is 0 Å². The van der Waals surface area contributed by atoms with Gasteiger partial charge in [0.05, 0.1) is 6.10 Å². The molecular weight excluding hydrogens is 246 g/mol.